The fraction of sp³-hybridized carbons (Fsp3) is 0.353. The highest BCUT2D eigenvalue weighted by molar-refractivity contribution is 5.88. The second-order valence-electron chi connectivity index (χ2n) is 11.5. The Hall–Kier alpha value is -4.86. The Balaban J connectivity index is 1.29. The normalized spacial score (nSPS) is 12.8. The maximum absolute atomic E-state index is 12.8. The van der Waals surface area contributed by atoms with Crippen LogP contribution in [-0.4, -0.2) is 59.0 Å². The second-order valence-corrected chi connectivity index (χ2v) is 11.5. The summed E-state index contributed by atoms with van der Waals surface area (Å²) in [5.41, 5.74) is 4.20. The Morgan fingerprint density at radius 2 is 1.41 bits per heavy atom. The van der Waals surface area contributed by atoms with Crippen molar-refractivity contribution >= 4 is 24.2 Å². The van der Waals surface area contributed by atoms with E-state index in [4.69, 9.17) is 14.2 Å². The molecule has 10 nitrogen and oxygen atoms in total. The number of ether oxygens (including phenoxy) is 3. The van der Waals surface area contributed by atoms with Gasteiger partial charge in [-0.2, -0.15) is 0 Å². The second kappa shape index (κ2) is 14.5. The van der Waals surface area contributed by atoms with E-state index in [1.54, 1.807) is 32.9 Å². The van der Waals surface area contributed by atoms with Crippen LogP contribution in [0.5, 0.6) is 0 Å². The highest BCUT2D eigenvalue weighted by Gasteiger charge is 2.31. The van der Waals surface area contributed by atoms with Crippen molar-refractivity contribution < 1.29 is 38.5 Å². The van der Waals surface area contributed by atoms with E-state index in [9.17, 15) is 24.3 Å². The molecule has 4 rings (SSSR count). The average molecular weight is 603 g/mol. The van der Waals surface area contributed by atoms with Gasteiger partial charge in [0.2, 0.25) is 0 Å². The maximum Gasteiger partial charge on any atom is 0.419 e. The summed E-state index contributed by atoms with van der Waals surface area (Å²) in [6, 6.07) is 23.7. The number of fused-ring (bicyclic) bond motifs is 3. The van der Waals surface area contributed by atoms with E-state index in [1.165, 1.54) is 0 Å². The topological polar surface area (TPSA) is 131 Å². The molecule has 232 valence electrons. The van der Waals surface area contributed by atoms with Crippen molar-refractivity contribution in [3.8, 4) is 11.1 Å². The Kier molecular flexibility index (Phi) is 10.6. The lowest BCUT2D eigenvalue weighted by molar-refractivity contribution is -0.139. The summed E-state index contributed by atoms with van der Waals surface area (Å²) >= 11 is 0. The molecule has 0 bridgehead atoms. The Morgan fingerprint density at radius 3 is 2.00 bits per heavy atom. The molecule has 44 heavy (non-hydrogen) atoms. The van der Waals surface area contributed by atoms with Crippen molar-refractivity contribution in [2.45, 2.75) is 64.2 Å². The third-order valence-corrected chi connectivity index (χ3v) is 7.10. The Bertz CT molecular complexity index is 1420. The van der Waals surface area contributed by atoms with Gasteiger partial charge in [-0.15, -0.1) is 0 Å². The molecule has 3 aromatic carbocycles. The molecule has 1 aliphatic carbocycles. The quantitative estimate of drug-likeness (QED) is 0.183. The van der Waals surface area contributed by atoms with Gasteiger partial charge in [0.1, 0.15) is 24.9 Å². The van der Waals surface area contributed by atoms with Crippen LogP contribution in [-0.2, 0) is 25.6 Å². The monoisotopic (exact) mass is 602 g/mol. The summed E-state index contributed by atoms with van der Waals surface area (Å²) in [4.78, 5) is 51.0. The summed E-state index contributed by atoms with van der Waals surface area (Å²) in [6.07, 6.45) is -1.96. The zero-order valence-corrected chi connectivity index (χ0v) is 25.2. The lowest BCUT2D eigenvalue weighted by atomic mass is 9.98. The van der Waals surface area contributed by atoms with Gasteiger partial charge in [-0.25, -0.2) is 24.1 Å². The van der Waals surface area contributed by atoms with Crippen LogP contribution in [0.2, 0.25) is 0 Å². The highest BCUT2D eigenvalue weighted by Crippen LogP contribution is 2.44. The van der Waals surface area contributed by atoms with Crippen molar-refractivity contribution in [1.29, 1.82) is 0 Å². The molecule has 1 aliphatic rings. The molecule has 0 spiro atoms. The van der Waals surface area contributed by atoms with E-state index in [1.807, 2.05) is 66.7 Å². The van der Waals surface area contributed by atoms with Crippen LogP contribution in [0.1, 0.15) is 62.6 Å². The molecule has 10 heteroatoms. The van der Waals surface area contributed by atoms with E-state index in [2.05, 4.69) is 5.32 Å². The van der Waals surface area contributed by atoms with Gasteiger partial charge in [0.15, 0.2) is 0 Å². The molecular formula is C34H38N2O8. The molecule has 0 aliphatic heterocycles. The minimum Gasteiger partial charge on any atom is -0.480 e. The molecule has 2 N–H and O–H groups in total. The molecule has 0 saturated carbocycles. The van der Waals surface area contributed by atoms with Crippen LogP contribution in [0.3, 0.4) is 0 Å². The van der Waals surface area contributed by atoms with Gasteiger partial charge in [0, 0.05) is 12.5 Å². The summed E-state index contributed by atoms with van der Waals surface area (Å²) in [5.74, 6) is -1.37. The highest BCUT2D eigenvalue weighted by atomic mass is 16.6. The maximum atomic E-state index is 12.8. The fourth-order valence-electron chi connectivity index (χ4n) is 5.03. The molecule has 0 fully saturated rings. The van der Waals surface area contributed by atoms with Crippen molar-refractivity contribution in [2.24, 2.45) is 0 Å². The number of carbonyl (C=O) groups is 4. The van der Waals surface area contributed by atoms with Gasteiger partial charge in [-0.05, 0) is 67.9 Å². The van der Waals surface area contributed by atoms with Crippen LogP contribution >= 0.6 is 0 Å². The summed E-state index contributed by atoms with van der Waals surface area (Å²) in [6.45, 7) is 5.03. The summed E-state index contributed by atoms with van der Waals surface area (Å²) in [5, 5.41) is 12.2. The summed E-state index contributed by atoms with van der Waals surface area (Å²) < 4.78 is 16.2. The Morgan fingerprint density at radius 1 is 0.818 bits per heavy atom. The van der Waals surface area contributed by atoms with Crippen LogP contribution in [0, 0.1) is 0 Å². The SMILES string of the molecule is CC(C)(C)OC(=O)N(CCCC[C@H](NC(=O)OCC1c2ccccc2-c2ccccc21)C(=O)O)C(=O)OCc1ccccc1. The minimum atomic E-state index is -1.22. The van der Waals surface area contributed by atoms with Crippen molar-refractivity contribution in [2.75, 3.05) is 13.2 Å². The largest absolute Gasteiger partial charge is 0.480 e. The number of hydrogen-bond acceptors (Lipinski definition) is 7. The molecule has 1 atom stereocenters. The van der Waals surface area contributed by atoms with Gasteiger partial charge in [0.25, 0.3) is 0 Å². The van der Waals surface area contributed by atoms with E-state index in [-0.39, 0.29) is 44.9 Å². The molecule has 0 unspecified atom stereocenters. The average Bonchev–Trinajstić information content (AvgIpc) is 3.31. The molecule has 0 heterocycles. The number of carboxylic acid groups (broad SMARTS) is 1. The number of aliphatic carboxylic acids is 1. The predicted molar refractivity (Wildman–Crippen MR) is 163 cm³/mol. The van der Waals surface area contributed by atoms with Crippen molar-refractivity contribution in [3.63, 3.8) is 0 Å². The molecule has 3 aromatic rings. The third kappa shape index (κ3) is 8.59. The molecule has 0 radical (unpaired) electrons. The first-order valence-electron chi connectivity index (χ1n) is 14.6. The van der Waals surface area contributed by atoms with E-state index in [0.717, 1.165) is 32.7 Å². The van der Waals surface area contributed by atoms with Gasteiger partial charge in [0.05, 0.1) is 0 Å². The zero-order chi connectivity index (χ0) is 31.7. The van der Waals surface area contributed by atoms with Gasteiger partial charge in [-0.3, -0.25) is 0 Å². The van der Waals surface area contributed by atoms with Gasteiger partial charge in [-0.1, -0.05) is 78.9 Å². The van der Waals surface area contributed by atoms with E-state index >= 15 is 0 Å². The Labute approximate surface area is 256 Å². The van der Waals surface area contributed by atoms with Crippen LogP contribution in [0.15, 0.2) is 78.9 Å². The smallest absolute Gasteiger partial charge is 0.419 e. The zero-order valence-electron chi connectivity index (χ0n) is 25.2. The number of amides is 3. The standard InChI is InChI=1S/C34H38N2O8/c1-34(2,3)44-33(41)36(32(40)43-21-23-13-5-4-6-14-23)20-12-11-19-29(30(37)38)35-31(39)42-22-28-26-17-9-7-15-24(26)25-16-8-10-18-27(25)28/h4-10,13-18,28-29H,11-12,19-22H2,1-3H3,(H,35,39)(H,37,38)/t29-/m0/s1. The lowest BCUT2D eigenvalue weighted by Crippen LogP contribution is -2.42. The fourth-order valence-corrected chi connectivity index (χ4v) is 5.03. The number of carbonyl (C=O) groups excluding carboxylic acids is 3. The van der Waals surface area contributed by atoms with E-state index < -0.39 is 35.9 Å². The van der Waals surface area contributed by atoms with Crippen molar-refractivity contribution in [3.05, 3.63) is 95.6 Å². The first-order valence-corrected chi connectivity index (χ1v) is 14.6. The van der Waals surface area contributed by atoms with Gasteiger partial charge >= 0.3 is 24.2 Å². The molecule has 3 amide bonds. The number of benzene rings is 3. The van der Waals surface area contributed by atoms with Gasteiger partial charge < -0.3 is 24.6 Å². The number of nitrogens with zero attached hydrogens (tertiary/aromatic N) is 1. The lowest BCUT2D eigenvalue weighted by Gasteiger charge is -2.26. The molecule has 0 aromatic heterocycles. The molecule has 0 saturated heterocycles. The van der Waals surface area contributed by atoms with Crippen LogP contribution < -0.4 is 5.32 Å². The number of nitrogens with one attached hydrogen (secondary N) is 1. The number of alkyl carbamates (subject to hydrolysis) is 1. The first-order chi connectivity index (χ1) is 21.0. The van der Waals surface area contributed by atoms with Crippen LogP contribution in [0.25, 0.3) is 11.1 Å². The number of carboxylic acids is 1. The third-order valence-electron chi connectivity index (χ3n) is 7.10. The predicted octanol–water partition coefficient (Wildman–Crippen LogP) is 6.72. The van der Waals surface area contributed by atoms with E-state index in [0.29, 0.717) is 0 Å². The number of hydrogen-bond donors (Lipinski definition) is 2. The van der Waals surface area contributed by atoms with Crippen molar-refractivity contribution in [1.82, 2.24) is 10.2 Å². The first kappa shape index (κ1) is 32.1. The number of unbranched alkanes of at least 4 members (excludes halogenated alkanes) is 1. The number of rotatable bonds is 11. The molecular weight excluding hydrogens is 564 g/mol. The number of imide groups is 1. The van der Waals surface area contributed by atoms with Crippen LogP contribution in [0.4, 0.5) is 14.4 Å². The summed E-state index contributed by atoms with van der Waals surface area (Å²) in [7, 11) is 0. The minimum absolute atomic E-state index is 0.0237.